The quantitative estimate of drug-likeness (QED) is 0.817. The summed E-state index contributed by atoms with van der Waals surface area (Å²) >= 11 is 6.08. The number of rotatable bonds is 3. The Balaban J connectivity index is 1.32. The number of aryl methyl sites for hydroxylation is 1. The molecule has 0 unspecified atom stereocenters. The zero-order valence-electron chi connectivity index (χ0n) is 15.5. The lowest BCUT2D eigenvalue weighted by Crippen LogP contribution is -2.47. The van der Waals surface area contributed by atoms with Gasteiger partial charge in [0.25, 0.3) is 0 Å². The monoisotopic (exact) mass is 364 g/mol. The third kappa shape index (κ3) is 2.95. The third-order valence-corrected chi connectivity index (χ3v) is 7.33. The molecule has 136 valence electrons. The summed E-state index contributed by atoms with van der Waals surface area (Å²) in [5.74, 6) is 1.34. The van der Waals surface area contributed by atoms with Crippen LogP contribution in [0.1, 0.15) is 47.3 Å². The topological polar surface area (TPSA) is 19.0 Å². The Kier molecular flexibility index (Phi) is 4.46. The van der Waals surface area contributed by atoms with E-state index in [0.717, 1.165) is 25.4 Å². The number of thiocarbonyl (C=S) groups is 1. The zero-order valence-corrected chi connectivity index (χ0v) is 16.3. The maximum atomic E-state index is 6.08. The Hall–Kier alpha value is -1.45. The van der Waals surface area contributed by atoms with Crippen LogP contribution in [-0.2, 0) is 25.7 Å². The highest BCUT2D eigenvalue weighted by molar-refractivity contribution is 7.80. The van der Waals surface area contributed by atoms with E-state index in [0.29, 0.717) is 5.92 Å². The molecule has 3 heteroatoms. The largest absolute Gasteiger partial charge is 0.361 e. The number of nitrogens with zero attached hydrogens (tertiary/aromatic N) is 1. The molecule has 1 aromatic carbocycles. The number of hydrogen-bond donors (Lipinski definition) is 1. The van der Waals surface area contributed by atoms with Gasteiger partial charge in [-0.25, -0.2) is 0 Å². The van der Waals surface area contributed by atoms with Gasteiger partial charge >= 0.3 is 0 Å². The minimum atomic E-state index is 0.587. The van der Waals surface area contributed by atoms with Crippen LogP contribution in [0.2, 0.25) is 0 Å². The Bertz CT molecular complexity index is 807. The van der Waals surface area contributed by atoms with Crippen molar-refractivity contribution < 1.29 is 0 Å². The number of nitrogens with one attached hydrogen (secondary N) is 1. The van der Waals surface area contributed by atoms with Crippen molar-refractivity contribution in [1.82, 2.24) is 9.88 Å². The summed E-state index contributed by atoms with van der Waals surface area (Å²) < 4.78 is 0. The summed E-state index contributed by atoms with van der Waals surface area (Å²) in [6.45, 7) is 3.55. The normalized spacial score (nSPS) is 25.5. The van der Waals surface area contributed by atoms with Gasteiger partial charge in [0.1, 0.15) is 0 Å². The molecule has 2 nitrogen and oxygen atoms in total. The standard InChI is InChI=1S/C23H28N2S/c26-23-19-15-25(12-10-16-6-2-1-3-7-16)13-11-17(19)14-21-22(23)18-8-4-5-9-20(18)24-21/h1-3,6-7,17,19,24H,4-5,8-15H2/t17-,19+/m0/s1. The Morgan fingerprint density at radius 2 is 1.92 bits per heavy atom. The minimum Gasteiger partial charge on any atom is -0.361 e. The number of aromatic amines is 1. The third-order valence-electron chi connectivity index (χ3n) is 6.82. The molecule has 0 saturated carbocycles. The number of fused-ring (bicyclic) bond motifs is 4. The summed E-state index contributed by atoms with van der Waals surface area (Å²) in [7, 11) is 0. The summed E-state index contributed by atoms with van der Waals surface area (Å²) in [5.41, 5.74) is 7.48. The summed E-state index contributed by atoms with van der Waals surface area (Å²) in [4.78, 5) is 7.71. The average molecular weight is 365 g/mol. The van der Waals surface area contributed by atoms with Gasteiger partial charge in [-0.15, -0.1) is 0 Å². The first-order valence-electron chi connectivity index (χ1n) is 10.3. The van der Waals surface area contributed by atoms with E-state index in [1.54, 1.807) is 5.56 Å². The van der Waals surface area contributed by atoms with Gasteiger partial charge in [-0.05, 0) is 68.5 Å². The Morgan fingerprint density at radius 3 is 2.81 bits per heavy atom. The Labute approximate surface area is 162 Å². The van der Waals surface area contributed by atoms with Crippen LogP contribution in [0.4, 0.5) is 0 Å². The van der Waals surface area contributed by atoms with E-state index in [-0.39, 0.29) is 0 Å². The van der Waals surface area contributed by atoms with E-state index < -0.39 is 0 Å². The molecule has 2 atom stereocenters. The van der Waals surface area contributed by atoms with Gasteiger partial charge in [0, 0.05) is 40.8 Å². The second-order valence-corrected chi connectivity index (χ2v) is 8.84. The van der Waals surface area contributed by atoms with Crippen LogP contribution in [-0.4, -0.2) is 34.4 Å². The van der Waals surface area contributed by atoms with Crippen molar-refractivity contribution in [2.24, 2.45) is 11.8 Å². The molecule has 1 aromatic heterocycles. The SMILES string of the molecule is S=C1c2c([nH]c3c2CCCC3)C[C@@H]2CCN(CCc3ccccc3)C[C@@H]12. The molecule has 2 aromatic rings. The highest BCUT2D eigenvalue weighted by atomic mass is 32.1. The number of hydrogen-bond acceptors (Lipinski definition) is 2. The number of likely N-dealkylation sites (tertiary alicyclic amines) is 1. The average Bonchev–Trinajstić information content (AvgIpc) is 3.06. The van der Waals surface area contributed by atoms with E-state index in [9.17, 15) is 0 Å². The van der Waals surface area contributed by atoms with Crippen molar-refractivity contribution >= 4 is 17.1 Å². The van der Waals surface area contributed by atoms with Gasteiger partial charge in [-0.1, -0.05) is 42.5 Å². The van der Waals surface area contributed by atoms with E-state index >= 15 is 0 Å². The number of piperidine rings is 1. The molecule has 0 radical (unpaired) electrons. The second-order valence-electron chi connectivity index (χ2n) is 8.40. The van der Waals surface area contributed by atoms with Gasteiger partial charge in [0.15, 0.2) is 0 Å². The molecule has 3 aliphatic rings. The van der Waals surface area contributed by atoms with Crippen LogP contribution in [0, 0.1) is 11.8 Å². The molecule has 2 aliphatic carbocycles. The van der Waals surface area contributed by atoms with Crippen LogP contribution < -0.4 is 0 Å². The minimum absolute atomic E-state index is 0.587. The van der Waals surface area contributed by atoms with Crippen LogP contribution in [0.3, 0.4) is 0 Å². The second kappa shape index (κ2) is 6.94. The lowest BCUT2D eigenvalue weighted by Gasteiger charge is -2.41. The van der Waals surface area contributed by atoms with Crippen molar-refractivity contribution in [3.05, 3.63) is 58.4 Å². The first-order chi connectivity index (χ1) is 12.8. The molecule has 2 heterocycles. The zero-order chi connectivity index (χ0) is 17.5. The van der Waals surface area contributed by atoms with Gasteiger partial charge < -0.3 is 9.88 Å². The van der Waals surface area contributed by atoms with E-state index in [2.05, 4.69) is 40.2 Å². The van der Waals surface area contributed by atoms with Crippen LogP contribution in [0.25, 0.3) is 0 Å². The fourth-order valence-electron chi connectivity index (χ4n) is 5.39. The van der Waals surface area contributed by atoms with Crippen molar-refractivity contribution in [2.75, 3.05) is 19.6 Å². The number of benzene rings is 1. The van der Waals surface area contributed by atoms with Gasteiger partial charge in [0.05, 0.1) is 0 Å². The molecular weight excluding hydrogens is 336 g/mol. The molecule has 26 heavy (non-hydrogen) atoms. The van der Waals surface area contributed by atoms with Gasteiger partial charge in [-0.2, -0.15) is 0 Å². The Morgan fingerprint density at radius 1 is 1.08 bits per heavy atom. The van der Waals surface area contributed by atoms with Crippen molar-refractivity contribution in [2.45, 2.75) is 44.9 Å². The molecule has 0 amide bonds. The van der Waals surface area contributed by atoms with Gasteiger partial charge in [0.2, 0.25) is 0 Å². The van der Waals surface area contributed by atoms with Crippen LogP contribution >= 0.6 is 12.2 Å². The highest BCUT2D eigenvalue weighted by Gasteiger charge is 2.39. The van der Waals surface area contributed by atoms with Crippen LogP contribution in [0.5, 0.6) is 0 Å². The molecule has 0 spiro atoms. The molecule has 1 fully saturated rings. The fraction of sp³-hybridized carbons (Fsp3) is 0.522. The first kappa shape index (κ1) is 16.7. The van der Waals surface area contributed by atoms with E-state index in [1.807, 2.05) is 0 Å². The predicted molar refractivity (Wildman–Crippen MR) is 111 cm³/mol. The summed E-state index contributed by atoms with van der Waals surface area (Å²) in [6, 6.07) is 10.9. The van der Waals surface area contributed by atoms with E-state index in [4.69, 9.17) is 12.2 Å². The van der Waals surface area contributed by atoms with Gasteiger partial charge in [-0.3, -0.25) is 0 Å². The predicted octanol–water partition coefficient (Wildman–Crippen LogP) is 4.35. The maximum absolute atomic E-state index is 6.08. The molecule has 1 N–H and O–H groups in total. The summed E-state index contributed by atoms with van der Waals surface area (Å²) in [5, 5.41) is 0. The fourth-order valence-corrected chi connectivity index (χ4v) is 5.90. The van der Waals surface area contributed by atoms with Crippen LogP contribution in [0.15, 0.2) is 30.3 Å². The number of H-pyrrole nitrogens is 1. The molecule has 0 bridgehead atoms. The van der Waals surface area contributed by atoms with Crippen molar-refractivity contribution in [3.8, 4) is 0 Å². The van der Waals surface area contributed by atoms with E-state index in [1.165, 1.54) is 72.4 Å². The molecular formula is C23H28N2S. The molecule has 5 rings (SSSR count). The maximum Gasteiger partial charge on any atom is 0.0292 e. The smallest absolute Gasteiger partial charge is 0.0292 e. The highest BCUT2D eigenvalue weighted by Crippen LogP contribution is 2.40. The van der Waals surface area contributed by atoms with Crippen molar-refractivity contribution in [3.63, 3.8) is 0 Å². The lowest BCUT2D eigenvalue weighted by atomic mass is 9.73. The molecule has 1 saturated heterocycles. The first-order valence-corrected chi connectivity index (χ1v) is 10.7. The number of aromatic nitrogens is 1. The van der Waals surface area contributed by atoms with Crippen molar-refractivity contribution in [1.29, 1.82) is 0 Å². The summed E-state index contributed by atoms with van der Waals surface area (Å²) in [6.07, 6.45) is 8.79. The lowest BCUT2D eigenvalue weighted by molar-refractivity contribution is 0.153. The molecule has 1 aliphatic heterocycles.